The van der Waals surface area contributed by atoms with Gasteiger partial charge < -0.3 is 10.1 Å². The van der Waals surface area contributed by atoms with E-state index >= 15 is 0 Å². The van der Waals surface area contributed by atoms with E-state index in [1.54, 1.807) is 0 Å². The SMILES string of the molecule is COCC1CCCN(C2CNC2)C1. The van der Waals surface area contributed by atoms with Gasteiger partial charge in [-0.15, -0.1) is 0 Å². The van der Waals surface area contributed by atoms with Crippen molar-refractivity contribution >= 4 is 0 Å². The van der Waals surface area contributed by atoms with Crippen molar-refractivity contribution in [2.75, 3.05) is 39.9 Å². The van der Waals surface area contributed by atoms with Crippen LogP contribution < -0.4 is 5.32 Å². The summed E-state index contributed by atoms with van der Waals surface area (Å²) in [7, 11) is 1.81. The monoisotopic (exact) mass is 184 g/mol. The summed E-state index contributed by atoms with van der Waals surface area (Å²) in [6.07, 6.45) is 2.70. The van der Waals surface area contributed by atoms with Crippen LogP contribution in [0.2, 0.25) is 0 Å². The molecule has 2 fully saturated rings. The predicted octanol–water partition coefficient (Wildman–Crippen LogP) is 0.317. The highest BCUT2D eigenvalue weighted by Crippen LogP contribution is 2.19. The Balaban J connectivity index is 1.77. The third kappa shape index (κ3) is 2.22. The molecule has 0 aromatic rings. The molecule has 1 atom stereocenters. The Morgan fingerprint density at radius 2 is 2.31 bits per heavy atom. The zero-order chi connectivity index (χ0) is 9.10. The first-order valence-corrected chi connectivity index (χ1v) is 5.34. The topological polar surface area (TPSA) is 24.5 Å². The summed E-state index contributed by atoms with van der Waals surface area (Å²) in [5, 5.41) is 3.33. The average Bonchev–Trinajstić information content (AvgIpc) is 2.02. The van der Waals surface area contributed by atoms with Crippen LogP contribution in [0, 0.1) is 5.92 Å². The molecule has 0 amide bonds. The molecule has 76 valence electrons. The van der Waals surface area contributed by atoms with Crippen molar-refractivity contribution in [3.63, 3.8) is 0 Å². The Hall–Kier alpha value is -0.120. The fourth-order valence-electron chi connectivity index (χ4n) is 2.33. The number of piperidine rings is 1. The fourth-order valence-corrected chi connectivity index (χ4v) is 2.33. The molecule has 2 aliphatic rings. The van der Waals surface area contributed by atoms with E-state index in [1.807, 2.05) is 7.11 Å². The zero-order valence-corrected chi connectivity index (χ0v) is 8.46. The second kappa shape index (κ2) is 4.40. The molecule has 1 N–H and O–H groups in total. The summed E-state index contributed by atoms with van der Waals surface area (Å²) in [5.41, 5.74) is 0. The van der Waals surface area contributed by atoms with Crippen molar-refractivity contribution in [2.45, 2.75) is 18.9 Å². The molecule has 3 heteroatoms. The van der Waals surface area contributed by atoms with Gasteiger partial charge in [-0.1, -0.05) is 0 Å². The number of nitrogens with one attached hydrogen (secondary N) is 1. The van der Waals surface area contributed by atoms with Crippen molar-refractivity contribution < 1.29 is 4.74 Å². The third-order valence-corrected chi connectivity index (χ3v) is 3.23. The smallest absolute Gasteiger partial charge is 0.0502 e. The number of rotatable bonds is 3. The van der Waals surface area contributed by atoms with Crippen molar-refractivity contribution in [3.05, 3.63) is 0 Å². The first-order chi connectivity index (χ1) is 6.40. The Kier molecular flexibility index (Phi) is 3.19. The molecule has 0 spiro atoms. The average molecular weight is 184 g/mol. The van der Waals surface area contributed by atoms with Gasteiger partial charge in [0.2, 0.25) is 0 Å². The van der Waals surface area contributed by atoms with Crippen LogP contribution in [0.25, 0.3) is 0 Å². The Labute approximate surface area is 80.4 Å². The Morgan fingerprint density at radius 1 is 1.46 bits per heavy atom. The van der Waals surface area contributed by atoms with E-state index in [2.05, 4.69) is 10.2 Å². The van der Waals surface area contributed by atoms with Gasteiger partial charge in [0.05, 0.1) is 6.61 Å². The molecule has 0 aromatic carbocycles. The summed E-state index contributed by atoms with van der Waals surface area (Å²) in [5.74, 6) is 0.777. The van der Waals surface area contributed by atoms with Crippen molar-refractivity contribution in [2.24, 2.45) is 5.92 Å². The standard InChI is InChI=1S/C10H20N2O/c1-13-8-9-3-2-4-12(7-9)10-5-11-6-10/h9-11H,2-8H2,1H3. The Morgan fingerprint density at radius 3 is 2.92 bits per heavy atom. The van der Waals surface area contributed by atoms with E-state index in [-0.39, 0.29) is 0 Å². The molecule has 3 nitrogen and oxygen atoms in total. The summed E-state index contributed by atoms with van der Waals surface area (Å²) in [4.78, 5) is 2.63. The van der Waals surface area contributed by atoms with Gasteiger partial charge in [0.15, 0.2) is 0 Å². The third-order valence-electron chi connectivity index (χ3n) is 3.23. The quantitative estimate of drug-likeness (QED) is 0.683. The lowest BCUT2D eigenvalue weighted by Gasteiger charge is -2.42. The molecule has 2 heterocycles. The number of likely N-dealkylation sites (tertiary alicyclic amines) is 1. The van der Waals surface area contributed by atoms with E-state index in [0.29, 0.717) is 0 Å². The first-order valence-electron chi connectivity index (χ1n) is 5.34. The summed E-state index contributed by atoms with van der Waals surface area (Å²) >= 11 is 0. The van der Waals surface area contributed by atoms with E-state index in [1.165, 1.54) is 39.0 Å². The van der Waals surface area contributed by atoms with Crippen molar-refractivity contribution in [1.29, 1.82) is 0 Å². The summed E-state index contributed by atoms with van der Waals surface area (Å²) in [6, 6.07) is 0.819. The lowest BCUT2D eigenvalue weighted by molar-refractivity contribution is 0.0524. The number of methoxy groups -OCH3 is 1. The largest absolute Gasteiger partial charge is 0.384 e. The van der Waals surface area contributed by atoms with E-state index in [9.17, 15) is 0 Å². The van der Waals surface area contributed by atoms with Crippen LogP contribution in [0.15, 0.2) is 0 Å². The highest BCUT2D eigenvalue weighted by molar-refractivity contribution is 4.87. The van der Waals surface area contributed by atoms with Gasteiger partial charge in [-0.2, -0.15) is 0 Å². The summed E-state index contributed by atoms with van der Waals surface area (Å²) in [6.45, 7) is 5.88. The van der Waals surface area contributed by atoms with Crippen molar-refractivity contribution in [3.8, 4) is 0 Å². The molecule has 0 aromatic heterocycles. The van der Waals surface area contributed by atoms with Gasteiger partial charge in [-0.05, 0) is 25.3 Å². The number of nitrogens with zero attached hydrogens (tertiary/aromatic N) is 1. The lowest BCUT2D eigenvalue weighted by atomic mass is 9.96. The molecule has 0 saturated carbocycles. The van der Waals surface area contributed by atoms with Gasteiger partial charge in [0.1, 0.15) is 0 Å². The predicted molar refractivity (Wildman–Crippen MR) is 52.8 cm³/mol. The summed E-state index contributed by atoms with van der Waals surface area (Å²) < 4.78 is 5.22. The maximum Gasteiger partial charge on any atom is 0.0502 e. The van der Waals surface area contributed by atoms with Crippen LogP contribution in [-0.4, -0.2) is 50.8 Å². The van der Waals surface area contributed by atoms with Crippen LogP contribution in [0.1, 0.15) is 12.8 Å². The van der Waals surface area contributed by atoms with Gasteiger partial charge in [0, 0.05) is 32.8 Å². The molecule has 2 aliphatic heterocycles. The molecular formula is C10H20N2O. The van der Waals surface area contributed by atoms with Gasteiger partial charge in [-0.3, -0.25) is 4.90 Å². The molecule has 1 unspecified atom stereocenters. The molecule has 0 bridgehead atoms. The maximum atomic E-state index is 5.22. The molecule has 2 rings (SSSR count). The first kappa shape index (κ1) is 9.44. The Bertz CT molecular complexity index is 157. The van der Waals surface area contributed by atoms with Gasteiger partial charge in [0.25, 0.3) is 0 Å². The molecular weight excluding hydrogens is 164 g/mol. The minimum atomic E-state index is 0.777. The molecule has 0 radical (unpaired) electrons. The van der Waals surface area contributed by atoms with Crippen LogP contribution in [0.3, 0.4) is 0 Å². The van der Waals surface area contributed by atoms with Crippen LogP contribution in [0.5, 0.6) is 0 Å². The highest BCUT2D eigenvalue weighted by atomic mass is 16.5. The molecule has 2 saturated heterocycles. The zero-order valence-electron chi connectivity index (χ0n) is 8.46. The van der Waals surface area contributed by atoms with E-state index < -0.39 is 0 Å². The van der Waals surface area contributed by atoms with E-state index in [0.717, 1.165) is 18.6 Å². The normalized spacial score (nSPS) is 31.6. The van der Waals surface area contributed by atoms with Crippen molar-refractivity contribution in [1.82, 2.24) is 10.2 Å². The molecule has 0 aliphatic carbocycles. The highest BCUT2D eigenvalue weighted by Gasteiger charge is 2.28. The van der Waals surface area contributed by atoms with Gasteiger partial charge in [-0.25, -0.2) is 0 Å². The maximum absolute atomic E-state index is 5.22. The molecule has 13 heavy (non-hydrogen) atoms. The lowest BCUT2D eigenvalue weighted by Crippen LogP contribution is -2.59. The number of hydrogen-bond donors (Lipinski definition) is 1. The number of ether oxygens (including phenoxy) is 1. The van der Waals surface area contributed by atoms with Gasteiger partial charge >= 0.3 is 0 Å². The van der Waals surface area contributed by atoms with Crippen LogP contribution >= 0.6 is 0 Å². The fraction of sp³-hybridized carbons (Fsp3) is 1.00. The van der Waals surface area contributed by atoms with Crippen LogP contribution in [-0.2, 0) is 4.74 Å². The number of hydrogen-bond acceptors (Lipinski definition) is 3. The second-order valence-electron chi connectivity index (χ2n) is 4.27. The minimum absolute atomic E-state index is 0.777. The van der Waals surface area contributed by atoms with Crippen LogP contribution in [0.4, 0.5) is 0 Å². The van der Waals surface area contributed by atoms with E-state index in [4.69, 9.17) is 4.74 Å². The second-order valence-corrected chi connectivity index (χ2v) is 4.27. The minimum Gasteiger partial charge on any atom is -0.384 e.